The summed E-state index contributed by atoms with van der Waals surface area (Å²) in [4.78, 5) is 23.5. The Morgan fingerprint density at radius 1 is 1.10 bits per heavy atom. The van der Waals surface area contributed by atoms with Crippen molar-refractivity contribution in [3.8, 4) is 0 Å². The lowest BCUT2D eigenvalue weighted by Gasteiger charge is -2.27. The van der Waals surface area contributed by atoms with E-state index in [0.29, 0.717) is 12.2 Å². The molecule has 0 saturated carbocycles. The molecule has 1 N–H and O–H groups in total. The Bertz CT molecular complexity index is 384. The second kappa shape index (κ2) is 8.08. The number of hydrogen-bond donors (Lipinski definition) is 1. The van der Waals surface area contributed by atoms with Crippen LogP contribution < -0.4 is 0 Å². The van der Waals surface area contributed by atoms with Crippen LogP contribution in [0.25, 0.3) is 0 Å². The van der Waals surface area contributed by atoms with E-state index in [1.54, 1.807) is 0 Å². The molecule has 4 nitrogen and oxygen atoms in total. The highest BCUT2D eigenvalue weighted by Gasteiger charge is 2.33. The minimum atomic E-state index is -0.984. The molecular weight excluding hydrogens is 256 g/mol. The number of aliphatic carboxylic acids is 1. The van der Waals surface area contributed by atoms with Crippen LogP contribution in [0, 0.1) is 11.8 Å². The molecule has 4 heteroatoms. The van der Waals surface area contributed by atoms with Crippen molar-refractivity contribution in [2.75, 3.05) is 6.61 Å². The van der Waals surface area contributed by atoms with Gasteiger partial charge in [0.15, 0.2) is 0 Å². The molecule has 114 valence electrons. The highest BCUT2D eigenvalue weighted by molar-refractivity contribution is 6.00. The lowest BCUT2D eigenvalue weighted by atomic mass is 9.78. The van der Waals surface area contributed by atoms with Crippen molar-refractivity contribution in [2.45, 2.75) is 59.3 Å². The van der Waals surface area contributed by atoms with Crippen LogP contribution in [0.15, 0.2) is 11.1 Å². The van der Waals surface area contributed by atoms with Crippen LogP contribution in [0.4, 0.5) is 0 Å². The molecule has 0 aromatic rings. The lowest BCUT2D eigenvalue weighted by molar-refractivity contribution is -0.141. The van der Waals surface area contributed by atoms with Gasteiger partial charge in [0.2, 0.25) is 0 Å². The van der Waals surface area contributed by atoms with Crippen molar-refractivity contribution in [2.24, 2.45) is 11.8 Å². The minimum absolute atomic E-state index is 0.0274. The maximum atomic E-state index is 12.2. The summed E-state index contributed by atoms with van der Waals surface area (Å²) >= 11 is 0. The molecule has 0 spiro atoms. The van der Waals surface area contributed by atoms with Gasteiger partial charge in [0.25, 0.3) is 0 Å². The predicted octanol–water partition coefficient (Wildman–Crippen LogP) is 3.56. The van der Waals surface area contributed by atoms with Crippen LogP contribution >= 0.6 is 0 Å². The fourth-order valence-electron chi connectivity index (χ4n) is 2.73. The first-order valence-corrected chi connectivity index (χ1v) is 7.63. The average Bonchev–Trinajstić information content (AvgIpc) is 2.40. The molecule has 0 aromatic heterocycles. The van der Waals surface area contributed by atoms with Gasteiger partial charge in [-0.2, -0.15) is 0 Å². The smallest absolute Gasteiger partial charge is 0.334 e. The number of unbranched alkanes of at least 4 members (excludes halogenated alkanes) is 3. The van der Waals surface area contributed by atoms with Crippen molar-refractivity contribution in [3.63, 3.8) is 0 Å². The SMILES string of the molecule is CCCCCCOC(=O)C1=C(C(=O)O)C(C)CCC1C. The van der Waals surface area contributed by atoms with Crippen molar-refractivity contribution in [1.29, 1.82) is 0 Å². The Balaban J connectivity index is 2.70. The highest BCUT2D eigenvalue weighted by atomic mass is 16.5. The molecule has 2 unspecified atom stereocenters. The van der Waals surface area contributed by atoms with E-state index in [4.69, 9.17) is 4.74 Å². The summed E-state index contributed by atoms with van der Waals surface area (Å²) < 4.78 is 5.27. The summed E-state index contributed by atoms with van der Waals surface area (Å²) in [5.41, 5.74) is 0.633. The lowest BCUT2D eigenvalue weighted by Crippen LogP contribution is -2.27. The van der Waals surface area contributed by atoms with E-state index in [1.807, 2.05) is 13.8 Å². The molecule has 1 aliphatic rings. The topological polar surface area (TPSA) is 63.6 Å². The van der Waals surface area contributed by atoms with Gasteiger partial charge in [0.05, 0.1) is 17.8 Å². The van der Waals surface area contributed by atoms with Gasteiger partial charge in [-0.3, -0.25) is 0 Å². The van der Waals surface area contributed by atoms with Crippen LogP contribution in [0.3, 0.4) is 0 Å². The monoisotopic (exact) mass is 282 g/mol. The Kier molecular flexibility index (Phi) is 6.76. The maximum absolute atomic E-state index is 12.2. The largest absolute Gasteiger partial charge is 0.478 e. The molecule has 0 heterocycles. The van der Waals surface area contributed by atoms with Crippen LogP contribution in [0.1, 0.15) is 59.3 Å². The van der Waals surface area contributed by atoms with Gasteiger partial charge in [-0.1, -0.05) is 40.0 Å². The zero-order chi connectivity index (χ0) is 15.1. The van der Waals surface area contributed by atoms with Crippen LogP contribution in [0.5, 0.6) is 0 Å². The van der Waals surface area contributed by atoms with Gasteiger partial charge in [-0.05, 0) is 31.1 Å². The zero-order valence-corrected chi connectivity index (χ0v) is 12.8. The molecule has 1 aliphatic carbocycles. The minimum Gasteiger partial charge on any atom is -0.478 e. The maximum Gasteiger partial charge on any atom is 0.334 e. The van der Waals surface area contributed by atoms with Gasteiger partial charge in [-0.15, -0.1) is 0 Å². The summed E-state index contributed by atoms with van der Waals surface area (Å²) in [6.07, 6.45) is 5.82. The molecule has 2 atom stereocenters. The van der Waals surface area contributed by atoms with Crippen molar-refractivity contribution in [3.05, 3.63) is 11.1 Å². The number of ether oxygens (including phenoxy) is 1. The molecule has 0 aromatic carbocycles. The standard InChI is InChI=1S/C16H26O4/c1-4-5-6-7-10-20-16(19)14-12(3)9-8-11(2)13(14)15(17)18/h11-12H,4-10H2,1-3H3,(H,17,18). The van der Waals surface area contributed by atoms with E-state index in [9.17, 15) is 14.7 Å². The molecule has 20 heavy (non-hydrogen) atoms. The van der Waals surface area contributed by atoms with E-state index in [0.717, 1.165) is 38.5 Å². The number of carbonyl (C=O) groups is 2. The molecule has 0 aliphatic heterocycles. The number of carboxylic acid groups (broad SMARTS) is 1. The third-order valence-corrected chi connectivity index (χ3v) is 3.99. The summed E-state index contributed by atoms with van der Waals surface area (Å²) in [6, 6.07) is 0. The number of esters is 1. The third-order valence-electron chi connectivity index (χ3n) is 3.99. The normalized spacial score (nSPS) is 22.8. The quantitative estimate of drug-likeness (QED) is 0.573. The summed E-state index contributed by atoms with van der Waals surface area (Å²) in [5, 5.41) is 9.32. The fraction of sp³-hybridized carbons (Fsp3) is 0.750. The Hall–Kier alpha value is -1.32. The summed E-state index contributed by atoms with van der Waals surface area (Å²) in [6.45, 7) is 6.28. The van der Waals surface area contributed by atoms with Gasteiger partial charge in [-0.25, -0.2) is 9.59 Å². The Morgan fingerprint density at radius 2 is 1.70 bits per heavy atom. The first-order valence-electron chi connectivity index (χ1n) is 7.63. The first kappa shape index (κ1) is 16.7. The van der Waals surface area contributed by atoms with E-state index in [-0.39, 0.29) is 17.4 Å². The average molecular weight is 282 g/mol. The first-order chi connectivity index (χ1) is 9.49. The molecule has 0 radical (unpaired) electrons. The number of carboxylic acids is 1. The fourth-order valence-corrected chi connectivity index (χ4v) is 2.73. The third kappa shape index (κ3) is 4.36. The molecule has 0 amide bonds. The van der Waals surface area contributed by atoms with Crippen LogP contribution in [-0.2, 0) is 14.3 Å². The second-order valence-electron chi connectivity index (χ2n) is 5.71. The zero-order valence-electron chi connectivity index (χ0n) is 12.8. The van der Waals surface area contributed by atoms with Gasteiger partial charge < -0.3 is 9.84 Å². The van der Waals surface area contributed by atoms with E-state index in [2.05, 4.69) is 6.92 Å². The van der Waals surface area contributed by atoms with Crippen LogP contribution in [-0.4, -0.2) is 23.7 Å². The number of carbonyl (C=O) groups excluding carboxylic acids is 1. The number of hydrogen-bond acceptors (Lipinski definition) is 3. The predicted molar refractivity (Wildman–Crippen MR) is 77.3 cm³/mol. The van der Waals surface area contributed by atoms with E-state index >= 15 is 0 Å². The van der Waals surface area contributed by atoms with Gasteiger partial charge in [0.1, 0.15) is 0 Å². The van der Waals surface area contributed by atoms with Crippen LogP contribution in [0.2, 0.25) is 0 Å². The Labute approximate surface area is 121 Å². The summed E-state index contributed by atoms with van der Waals surface area (Å²) in [5.74, 6) is -1.52. The Morgan fingerprint density at radius 3 is 2.25 bits per heavy atom. The van der Waals surface area contributed by atoms with Crippen molar-refractivity contribution >= 4 is 11.9 Å². The highest BCUT2D eigenvalue weighted by Crippen LogP contribution is 2.34. The molecule has 0 fully saturated rings. The molecular formula is C16H26O4. The van der Waals surface area contributed by atoms with Crippen molar-refractivity contribution in [1.82, 2.24) is 0 Å². The van der Waals surface area contributed by atoms with Gasteiger partial charge >= 0.3 is 11.9 Å². The van der Waals surface area contributed by atoms with E-state index in [1.165, 1.54) is 0 Å². The molecule has 1 rings (SSSR count). The van der Waals surface area contributed by atoms with E-state index < -0.39 is 11.9 Å². The number of rotatable bonds is 7. The van der Waals surface area contributed by atoms with Gasteiger partial charge in [0, 0.05) is 0 Å². The van der Waals surface area contributed by atoms with Crippen molar-refractivity contribution < 1.29 is 19.4 Å². The molecule has 0 saturated heterocycles. The molecule has 0 bridgehead atoms. The summed E-state index contributed by atoms with van der Waals surface area (Å²) in [7, 11) is 0. The second-order valence-corrected chi connectivity index (χ2v) is 5.71.